The van der Waals surface area contributed by atoms with Crippen molar-refractivity contribution in [2.24, 2.45) is 0 Å². The quantitative estimate of drug-likeness (QED) is 0.166. The van der Waals surface area contributed by atoms with Gasteiger partial charge in [0, 0.05) is 36.1 Å². The van der Waals surface area contributed by atoms with Gasteiger partial charge in [-0.1, -0.05) is 158 Å². The molecule has 1 aliphatic heterocycles. The molecule has 0 amide bonds. The van der Waals surface area contributed by atoms with Crippen LogP contribution in [0.25, 0.3) is 22.3 Å². The molecule has 0 saturated heterocycles. The zero-order valence-electron chi connectivity index (χ0n) is 31.4. The van der Waals surface area contributed by atoms with Crippen molar-refractivity contribution < 1.29 is 0 Å². The number of para-hydroxylation sites is 4. The molecule has 0 unspecified atom stereocenters. The van der Waals surface area contributed by atoms with Gasteiger partial charge in [0.25, 0.3) is 0 Å². The van der Waals surface area contributed by atoms with E-state index in [1.807, 2.05) is 0 Å². The number of anilines is 4. The standard InChI is InChI=1S/C51H43N2P2/c1-52-44-22-10-14-26-48(44)54(42-34-30-40(31-35-42)38-18-6-4-7-19-38)49-27-15-11-23-45(49)53(2)47-25-13-17-29-51(47)55(3,50-28-16-12-24-46(50)52)43-36-32-41(33-37-43)39-20-8-5-9-21-39/h4-37H,1-3H3/q+1. The summed E-state index contributed by atoms with van der Waals surface area (Å²) < 4.78 is 0. The van der Waals surface area contributed by atoms with E-state index in [0.717, 1.165) is 0 Å². The Kier molecular flexibility index (Phi) is 9.41. The average Bonchev–Trinajstić information content (AvgIpc) is 3.27. The van der Waals surface area contributed by atoms with Crippen molar-refractivity contribution in [2.75, 3.05) is 30.6 Å². The summed E-state index contributed by atoms with van der Waals surface area (Å²) in [6.07, 6.45) is 0. The minimum atomic E-state index is -2.24. The normalized spacial score (nSPS) is 16.5. The van der Waals surface area contributed by atoms with Crippen LogP contribution in [0.4, 0.5) is 22.7 Å². The van der Waals surface area contributed by atoms with Crippen molar-refractivity contribution in [3.8, 4) is 22.3 Å². The van der Waals surface area contributed by atoms with Crippen LogP contribution < -0.4 is 41.6 Å². The molecule has 8 aromatic rings. The fourth-order valence-corrected chi connectivity index (χ4v) is 14.6. The molecule has 2 nitrogen and oxygen atoms in total. The van der Waals surface area contributed by atoms with Gasteiger partial charge in [0.1, 0.15) is 23.2 Å². The van der Waals surface area contributed by atoms with Crippen molar-refractivity contribution in [1.82, 2.24) is 0 Å². The first-order valence-electron chi connectivity index (χ1n) is 18.9. The summed E-state index contributed by atoms with van der Waals surface area (Å²) in [7, 11) is 1.32. The van der Waals surface area contributed by atoms with Crippen molar-refractivity contribution in [1.29, 1.82) is 0 Å². The summed E-state index contributed by atoms with van der Waals surface area (Å²) in [5.41, 5.74) is 9.85. The van der Waals surface area contributed by atoms with E-state index in [1.165, 1.54) is 76.8 Å². The van der Waals surface area contributed by atoms with Crippen LogP contribution in [0.2, 0.25) is 0 Å². The fourth-order valence-electron chi connectivity index (χ4n) is 8.22. The Hall–Kier alpha value is -5.78. The molecule has 8 aromatic carbocycles. The highest BCUT2D eigenvalue weighted by Gasteiger charge is 2.46. The Labute approximate surface area is 327 Å². The molecule has 9 rings (SSSR count). The van der Waals surface area contributed by atoms with E-state index in [1.54, 1.807) is 0 Å². The predicted molar refractivity (Wildman–Crippen MR) is 243 cm³/mol. The third-order valence-electron chi connectivity index (χ3n) is 11.1. The molecular formula is C51H43N2P2+. The Morgan fingerprint density at radius 1 is 0.345 bits per heavy atom. The van der Waals surface area contributed by atoms with Crippen LogP contribution in [-0.4, -0.2) is 20.8 Å². The number of fused-ring (bicyclic) bond motifs is 4. The van der Waals surface area contributed by atoms with Crippen molar-refractivity contribution in [2.45, 2.75) is 0 Å². The molecule has 0 bridgehead atoms. The summed E-state index contributed by atoms with van der Waals surface area (Å²) in [4.78, 5) is 4.93. The lowest BCUT2D eigenvalue weighted by atomic mass is 10.1. The molecule has 1 aliphatic rings. The predicted octanol–water partition coefficient (Wildman–Crippen LogP) is 10.6. The summed E-state index contributed by atoms with van der Waals surface area (Å²) in [6.45, 7) is 2.52. The van der Waals surface area contributed by atoms with E-state index in [9.17, 15) is 0 Å². The number of benzene rings is 8. The molecule has 0 radical (unpaired) electrons. The van der Waals surface area contributed by atoms with E-state index in [4.69, 9.17) is 0 Å². The molecule has 0 N–H and O–H groups in total. The van der Waals surface area contributed by atoms with Gasteiger partial charge in [-0.25, -0.2) is 0 Å². The molecule has 55 heavy (non-hydrogen) atoms. The van der Waals surface area contributed by atoms with E-state index in [0.29, 0.717) is 0 Å². The minimum Gasteiger partial charge on any atom is -0.341 e. The molecule has 0 spiro atoms. The maximum absolute atomic E-state index is 2.52. The van der Waals surface area contributed by atoms with E-state index in [2.05, 4.69) is 237 Å². The lowest BCUT2D eigenvalue weighted by Gasteiger charge is -2.36. The molecule has 266 valence electrons. The summed E-state index contributed by atoms with van der Waals surface area (Å²) in [5.74, 6) is 0. The van der Waals surface area contributed by atoms with Gasteiger partial charge in [-0.15, -0.1) is 0 Å². The highest BCUT2D eigenvalue weighted by molar-refractivity contribution is 7.95. The summed E-state index contributed by atoms with van der Waals surface area (Å²) in [6, 6.07) is 76.5. The van der Waals surface area contributed by atoms with Gasteiger partial charge in [0.2, 0.25) is 0 Å². The van der Waals surface area contributed by atoms with Gasteiger partial charge < -0.3 is 9.80 Å². The van der Waals surface area contributed by atoms with Crippen LogP contribution >= 0.6 is 15.2 Å². The number of hydrogen-bond acceptors (Lipinski definition) is 2. The van der Waals surface area contributed by atoms with Crippen molar-refractivity contribution in [3.63, 3.8) is 0 Å². The first-order valence-corrected chi connectivity index (χ1v) is 22.4. The maximum atomic E-state index is 2.52. The van der Waals surface area contributed by atoms with Crippen molar-refractivity contribution in [3.05, 3.63) is 206 Å². The zero-order valence-corrected chi connectivity index (χ0v) is 33.2. The van der Waals surface area contributed by atoms with Crippen LogP contribution in [0.1, 0.15) is 0 Å². The van der Waals surface area contributed by atoms with E-state index < -0.39 is 15.2 Å². The number of rotatable bonds is 4. The highest BCUT2D eigenvalue weighted by Crippen LogP contribution is 2.57. The molecule has 0 aliphatic carbocycles. The first kappa shape index (κ1) is 35.0. The van der Waals surface area contributed by atoms with Gasteiger partial charge in [-0.2, -0.15) is 0 Å². The first-order chi connectivity index (χ1) is 27.0. The average molecular weight is 746 g/mol. The third-order valence-corrected chi connectivity index (χ3v) is 17.7. The van der Waals surface area contributed by atoms with Gasteiger partial charge in [0.05, 0.1) is 18.0 Å². The highest BCUT2D eigenvalue weighted by atomic mass is 31.2. The Bertz CT molecular complexity index is 2490. The topological polar surface area (TPSA) is 6.48 Å². The second-order valence-electron chi connectivity index (χ2n) is 14.2. The molecule has 0 aromatic heterocycles. The van der Waals surface area contributed by atoms with Crippen molar-refractivity contribution >= 4 is 69.8 Å². The minimum absolute atomic E-state index is 0.972. The number of nitrogens with zero attached hydrogens (tertiary/aromatic N) is 2. The van der Waals surface area contributed by atoms with Crippen LogP contribution in [0.15, 0.2) is 206 Å². The molecule has 0 fully saturated rings. The van der Waals surface area contributed by atoms with Gasteiger partial charge in [-0.3, -0.25) is 0 Å². The van der Waals surface area contributed by atoms with Gasteiger partial charge >= 0.3 is 0 Å². The summed E-state index contributed by atoms with van der Waals surface area (Å²) >= 11 is 0. The molecule has 0 saturated carbocycles. The monoisotopic (exact) mass is 745 g/mol. The summed E-state index contributed by atoms with van der Waals surface area (Å²) in [5, 5.41) is 8.09. The SMILES string of the molecule is CN1c2ccccc2P(c2ccc(-c3ccccc3)cc2)c2ccccc2N(C)c2ccccc2[P+](C)(c2ccc(-c3ccccc3)cc2)c2ccccc21. The molecule has 1 heterocycles. The fraction of sp³-hybridized carbons (Fsp3) is 0.0588. The third kappa shape index (κ3) is 6.27. The van der Waals surface area contributed by atoms with Crippen LogP contribution in [0.3, 0.4) is 0 Å². The largest absolute Gasteiger partial charge is 0.341 e. The Morgan fingerprint density at radius 3 is 1.15 bits per heavy atom. The molecular weight excluding hydrogens is 703 g/mol. The van der Waals surface area contributed by atoms with Gasteiger partial charge in [-0.05, 0) is 84.0 Å². The molecule has 0 atom stereocenters. The molecule has 4 heteroatoms. The van der Waals surface area contributed by atoms with E-state index in [-0.39, 0.29) is 0 Å². The number of hydrogen-bond donors (Lipinski definition) is 0. The lowest BCUT2D eigenvalue weighted by Crippen LogP contribution is -2.37. The second kappa shape index (κ2) is 14.8. The maximum Gasteiger partial charge on any atom is 0.128 e. The van der Waals surface area contributed by atoms with Crippen LogP contribution in [0.5, 0.6) is 0 Å². The Morgan fingerprint density at radius 2 is 0.691 bits per heavy atom. The van der Waals surface area contributed by atoms with Crippen LogP contribution in [0, 0.1) is 0 Å². The van der Waals surface area contributed by atoms with Gasteiger partial charge in [0.15, 0.2) is 0 Å². The lowest BCUT2D eigenvalue weighted by molar-refractivity contribution is 1.22. The zero-order chi connectivity index (χ0) is 37.4. The van der Waals surface area contributed by atoms with Crippen LogP contribution in [-0.2, 0) is 0 Å². The smallest absolute Gasteiger partial charge is 0.128 e. The Balaban J connectivity index is 1.30. The van der Waals surface area contributed by atoms with E-state index >= 15 is 0 Å². The second-order valence-corrected chi connectivity index (χ2v) is 19.9.